The smallest absolute Gasteiger partial charge is 0.244 e. The maximum atomic E-state index is 12.0. The Morgan fingerprint density at radius 3 is 2.84 bits per heavy atom. The normalized spacial score (nSPS) is 11.1. The number of aromatic nitrogens is 1. The van der Waals surface area contributed by atoms with Crippen molar-refractivity contribution in [3.05, 3.63) is 18.3 Å². The van der Waals surface area contributed by atoms with Crippen molar-refractivity contribution in [3.8, 4) is 0 Å². The van der Waals surface area contributed by atoms with Crippen LogP contribution < -0.4 is 21.3 Å². The van der Waals surface area contributed by atoms with E-state index in [0.717, 1.165) is 0 Å². The molecule has 1 aromatic heterocycles. The fraction of sp³-hybridized carbons (Fsp3) is 0.400. The molecule has 106 valence electrons. The number of amides is 1. The predicted molar refractivity (Wildman–Crippen MR) is 70.5 cm³/mol. The lowest BCUT2D eigenvalue weighted by molar-refractivity contribution is -0.120. The second-order valence-electron chi connectivity index (χ2n) is 3.60. The van der Waals surface area contributed by atoms with Gasteiger partial charge in [0.05, 0.1) is 0 Å². The highest BCUT2D eigenvalue weighted by Crippen LogP contribution is 2.16. The van der Waals surface area contributed by atoms with Crippen LogP contribution in [0.4, 0.5) is 5.82 Å². The van der Waals surface area contributed by atoms with E-state index in [2.05, 4.69) is 20.4 Å². The standard InChI is InChI=1S/C10H17N5O3S/c1-2-12-9(16)5-7-14-19(17,18)8-4-3-6-13-10(8)15-11/h3-4,6,14H,2,5,7,11H2,1H3,(H,12,16)(H,13,15). The van der Waals surface area contributed by atoms with Crippen LogP contribution in [0.2, 0.25) is 0 Å². The number of nitrogen functional groups attached to an aromatic ring is 1. The third-order valence-electron chi connectivity index (χ3n) is 2.22. The van der Waals surface area contributed by atoms with E-state index in [0.29, 0.717) is 6.54 Å². The van der Waals surface area contributed by atoms with Crippen LogP contribution in [0.15, 0.2) is 23.2 Å². The summed E-state index contributed by atoms with van der Waals surface area (Å²) < 4.78 is 26.3. The van der Waals surface area contributed by atoms with Gasteiger partial charge in [0, 0.05) is 25.7 Å². The molecule has 19 heavy (non-hydrogen) atoms. The van der Waals surface area contributed by atoms with Crippen LogP contribution in [0.1, 0.15) is 13.3 Å². The molecule has 0 aliphatic rings. The topological polar surface area (TPSA) is 126 Å². The first kappa shape index (κ1) is 15.3. The third-order valence-corrected chi connectivity index (χ3v) is 3.71. The molecular formula is C10H17N5O3S. The molecule has 0 saturated heterocycles. The Balaban J connectivity index is 2.68. The molecule has 8 nitrogen and oxygen atoms in total. The quantitative estimate of drug-likeness (QED) is 0.383. The fourth-order valence-electron chi connectivity index (χ4n) is 1.38. The van der Waals surface area contributed by atoms with Gasteiger partial charge in [0.2, 0.25) is 15.9 Å². The van der Waals surface area contributed by atoms with Gasteiger partial charge in [0.1, 0.15) is 4.90 Å². The molecule has 1 heterocycles. The molecule has 0 saturated carbocycles. The number of nitrogens with zero attached hydrogens (tertiary/aromatic N) is 1. The van der Waals surface area contributed by atoms with Gasteiger partial charge in [0.25, 0.3) is 0 Å². The van der Waals surface area contributed by atoms with Crippen LogP contribution in [-0.4, -0.2) is 32.4 Å². The molecule has 0 spiro atoms. The second-order valence-corrected chi connectivity index (χ2v) is 5.33. The van der Waals surface area contributed by atoms with E-state index >= 15 is 0 Å². The summed E-state index contributed by atoms with van der Waals surface area (Å²) in [6.45, 7) is 2.30. The van der Waals surface area contributed by atoms with Crippen LogP contribution >= 0.6 is 0 Å². The molecular weight excluding hydrogens is 270 g/mol. The van der Waals surface area contributed by atoms with Gasteiger partial charge in [-0.3, -0.25) is 4.79 Å². The van der Waals surface area contributed by atoms with E-state index in [1.54, 1.807) is 6.92 Å². The number of hydrazine groups is 1. The number of carbonyl (C=O) groups is 1. The lowest BCUT2D eigenvalue weighted by Gasteiger charge is -2.09. The van der Waals surface area contributed by atoms with Gasteiger partial charge in [0.15, 0.2) is 5.82 Å². The number of anilines is 1. The molecule has 5 N–H and O–H groups in total. The lowest BCUT2D eigenvalue weighted by Crippen LogP contribution is -2.31. The van der Waals surface area contributed by atoms with Crippen molar-refractivity contribution in [3.63, 3.8) is 0 Å². The molecule has 1 rings (SSSR count). The van der Waals surface area contributed by atoms with E-state index in [9.17, 15) is 13.2 Å². The molecule has 0 aliphatic heterocycles. The summed E-state index contributed by atoms with van der Waals surface area (Å²) in [5.74, 6) is 5.03. The first-order valence-electron chi connectivity index (χ1n) is 5.69. The van der Waals surface area contributed by atoms with Crippen molar-refractivity contribution in [2.75, 3.05) is 18.5 Å². The highest BCUT2D eigenvalue weighted by atomic mass is 32.2. The number of nitrogens with one attached hydrogen (secondary N) is 3. The van der Waals surface area contributed by atoms with E-state index in [4.69, 9.17) is 5.84 Å². The highest BCUT2D eigenvalue weighted by molar-refractivity contribution is 7.89. The summed E-state index contributed by atoms with van der Waals surface area (Å²) in [5.41, 5.74) is 2.21. The molecule has 9 heteroatoms. The van der Waals surface area contributed by atoms with Gasteiger partial charge in [-0.25, -0.2) is 24.0 Å². The first-order chi connectivity index (χ1) is 9.01. The second kappa shape index (κ2) is 7.02. The number of rotatable bonds is 7. The Kier molecular flexibility index (Phi) is 5.67. The van der Waals surface area contributed by atoms with Crippen LogP contribution in [0.5, 0.6) is 0 Å². The number of hydrogen-bond donors (Lipinski definition) is 4. The number of carbonyl (C=O) groups excluding carboxylic acids is 1. The minimum absolute atomic E-state index is 0.00702. The minimum Gasteiger partial charge on any atom is -0.356 e. The van der Waals surface area contributed by atoms with Crippen LogP contribution in [-0.2, 0) is 14.8 Å². The van der Waals surface area contributed by atoms with Crippen molar-refractivity contribution in [2.45, 2.75) is 18.2 Å². The van der Waals surface area contributed by atoms with E-state index in [1.165, 1.54) is 18.3 Å². The van der Waals surface area contributed by atoms with E-state index in [1.807, 2.05) is 0 Å². The van der Waals surface area contributed by atoms with Gasteiger partial charge >= 0.3 is 0 Å². The molecule has 1 amide bonds. The zero-order valence-electron chi connectivity index (χ0n) is 10.5. The van der Waals surface area contributed by atoms with Crippen molar-refractivity contribution < 1.29 is 13.2 Å². The first-order valence-corrected chi connectivity index (χ1v) is 7.17. The number of hydrogen-bond acceptors (Lipinski definition) is 6. The molecule has 1 aromatic rings. The van der Waals surface area contributed by atoms with Crippen molar-refractivity contribution in [1.82, 2.24) is 15.0 Å². The van der Waals surface area contributed by atoms with Crippen LogP contribution in [0, 0.1) is 0 Å². The number of pyridine rings is 1. The lowest BCUT2D eigenvalue weighted by atomic mass is 10.4. The Labute approximate surface area is 111 Å². The summed E-state index contributed by atoms with van der Waals surface area (Å²) in [6, 6.07) is 2.86. The largest absolute Gasteiger partial charge is 0.356 e. The number of sulfonamides is 1. The summed E-state index contributed by atoms with van der Waals surface area (Å²) in [6.07, 6.45) is 1.49. The maximum absolute atomic E-state index is 12.0. The van der Waals surface area contributed by atoms with E-state index in [-0.39, 0.29) is 29.6 Å². The van der Waals surface area contributed by atoms with Crippen molar-refractivity contribution in [2.24, 2.45) is 5.84 Å². The maximum Gasteiger partial charge on any atom is 0.244 e. The zero-order chi connectivity index (χ0) is 14.3. The molecule has 0 aromatic carbocycles. The third kappa shape index (κ3) is 4.47. The predicted octanol–water partition coefficient (Wildman–Crippen LogP) is -0.828. The fourth-order valence-corrected chi connectivity index (χ4v) is 2.53. The average Bonchev–Trinajstić information content (AvgIpc) is 2.38. The molecule has 0 atom stereocenters. The van der Waals surface area contributed by atoms with Crippen molar-refractivity contribution in [1.29, 1.82) is 0 Å². The average molecular weight is 287 g/mol. The number of nitrogens with two attached hydrogens (primary N) is 1. The SMILES string of the molecule is CCNC(=O)CCNS(=O)(=O)c1cccnc1NN. The Hall–Kier alpha value is -1.71. The summed E-state index contributed by atoms with van der Waals surface area (Å²) in [7, 11) is -3.75. The summed E-state index contributed by atoms with van der Waals surface area (Å²) >= 11 is 0. The Bertz CT molecular complexity index is 532. The molecule has 0 bridgehead atoms. The Morgan fingerprint density at radius 1 is 1.47 bits per heavy atom. The molecule has 0 unspecified atom stereocenters. The zero-order valence-corrected chi connectivity index (χ0v) is 11.3. The summed E-state index contributed by atoms with van der Waals surface area (Å²) in [4.78, 5) is 14.9. The van der Waals surface area contributed by atoms with Gasteiger partial charge < -0.3 is 10.7 Å². The minimum atomic E-state index is -3.75. The van der Waals surface area contributed by atoms with Gasteiger partial charge in [-0.15, -0.1) is 0 Å². The molecule has 0 aliphatic carbocycles. The molecule has 0 radical (unpaired) electrons. The monoisotopic (exact) mass is 287 g/mol. The van der Waals surface area contributed by atoms with E-state index < -0.39 is 10.0 Å². The summed E-state index contributed by atoms with van der Waals surface area (Å²) in [5, 5.41) is 2.58. The van der Waals surface area contributed by atoms with Gasteiger partial charge in [-0.1, -0.05) is 0 Å². The Morgan fingerprint density at radius 2 is 2.21 bits per heavy atom. The molecule has 0 fully saturated rings. The van der Waals surface area contributed by atoms with Gasteiger partial charge in [-0.05, 0) is 19.1 Å². The highest BCUT2D eigenvalue weighted by Gasteiger charge is 2.18. The van der Waals surface area contributed by atoms with Gasteiger partial charge in [-0.2, -0.15) is 0 Å². The van der Waals surface area contributed by atoms with Crippen LogP contribution in [0.3, 0.4) is 0 Å². The van der Waals surface area contributed by atoms with Crippen LogP contribution in [0.25, 0.3) is 0 Å². The van der Waals surface area contributed by atoms with Crippen molar-refractivity contribution >= 4 is 21.7 Å².